The van der Waals surface area contributed by atoms with Crippen LogP contribution in [0.1, 0.15) is 51.7 Å². The normalized spacial score (nSPS) is 11.2. The van der Waals surface area contributed by atoms with Crippen LogP contribution in [0, 0.1) is 18.3 Å². The van der Waals surface area contributed by atoms with Crippen molar-refractivity contribution < 1.29 is 0 Å². The molecule has 0 unspecified atom stereocenters. The van der Waals surface area contributed by atoms with Crippen molar-refractivity contribution in [2.75, 3.05) is 11.4 Å². The van der Waals surface area contributed by atoms with E-state index in [2.05, 4.69) is 44.7 Å². The van der Waals surface area contributed by atoms with Gasteiger partial charge in [0.2, 0.25) is 0 Å². The average Bonchev–Trinajstić information content (AvgIpc) is 2.37. The Morgan fingerprint density at radius 1 is 1.25 bits per heavy atom. The number of rotatable bonds is 7. The third-order valence-electron chi connectivity index (χ3n) is 3.78. The lowest BCUT2D eigenvalue weighted by Crippen LogP contribution is -2.37. The molecular formula is C17H29N3. The van der Waals surface area contributed by atoms with Gasteiger partial charge in [-0.15, -0.1) is 0 Å². The van der Waals surface area contributed by atoms with Crippen LogP contribution in [0.3, 0.4) is 0 Å². The molecular weight excluding hydrogens is 246 g/mol. The third-order valence-corrected chi connectivity index (χ3v) is 3.78. The molecule has 3 heteroatoms. The van der Waals surface area contributed by atoms with Crippen LogP contribution in [0.25, 0.3) is 0 Å². The van der Waals surface area contributed by atoms with Gasteiger partial charge in [-0.2, -0.15) is 0 Å². The standard InChI is InChI=1S/C17H29N3/c1-6-14(7-2)20(11-12(3)4)15-8-9-16(17(18)19)13(5)10-15/h8-10,12,14H,6-7,11H2,1-5H3,(H3,18,19). The summed E-state index contributed by atoms with van der Waals surface area (Å²) in [6, 6.07) is 6.81. The lowest BCUT2D eigenvalue weighted by Gasteiger charge is -2.34. The number of hydrogen-bond donors (Lipinski definition) is 2. The Labute approximate surface area is 123 Å². The molecule has 0 radical (unpaired) electrons. The van der Waals surface area contributed by atoms with E-state index >= 15 is 0 Å². The molecule has 1 rings (SSSR count). The van der Waals surface area contributed by atoms with E-state index in [1.165, 1.54) is 5.69 Å². The Morgan fingerprint density at radius 3 is 2.25 bits per heavy atom. The summed E-state index contributed by atoms with van der Waals surface area (Å²) in [6.07, 6.45) is 2.30. The number of aryl methyl sites for hydroxylation is 1. The zero-order valence-corrected chi connectivity index (χ0v) is 13.5. The lowest BCUT2D eigenvalue weighted by atomic mass is 10.0. The molecule has 1 aromatic carbocycles. The SMILES string of the molecule is CCC(CC)N(CC(C)C)c1ccc(C(=N)N)c(C)c1. The number of hydrogen-bond acceptors (Lipinski definition) is 2. The van der Waals surface area contributed by atoms with Gasteiger partial charge in [0.1, 0.15) is 5.84 Å². The Bertz CT molecular complexity index is 448. The van der Waals surface area contributed by atoms with Crippen LogP contribution >= 0.6 is 0 Å². The number of nitrogen functional groups attached to an aromatic ring is 1. The molecule has 0 heterocycles. The first-order valence-corrected chi connectivity index (χ1v) is 7.62. The number of benzene rings is 1. The fourth-order valence-corrected chi connectivity index (χ4v) is 2.72. The summed E-state index contributed by atoms with van der Waals surface area (Å²) < 4.78 is 0. The maximum Gasteiger partial charge on any atom is 0.123 e. The molecule has 0 saturated carbocycles. The van der Waals surface area contributed by atoms with Crippen molar-refractivity contribution in [1.82, 2.24) is 0 Å². The predicted octanol–water partition coefficient (Wildman–Crippen LogP) is 3.93. The van der Waals surface area contributed by atoms with Crippen LogP contribution in [0.4, 0.5) is 5.69 Å². The van der Waals surface area contributed by atoms with Crippen LogP contribution in [0.5, 0.6) is 0 Å². The molecule has 0 saturated heterocycles. The van der Waals surface area contributed by atoms with Crippen molar-refractivity contribution in [1.29, 1.82) is 5.41 Å². The number of nitrogens with one attached hydrogen (secondary N) is 1. The number of nitrogens with two attached hydrogens (primary N) is 1. The molecule has 0 aliphatic rings. The van der Waals surface area contributed by atoms with Crippen molar-refractivity contribution in [3.63, 3.8) is 0 Å². The molecule has 0 fully saturated rings. The Hall–Kier alpha value is -1.51. The number of nitrogens with zero attached hydrogens (tertiary/aromatic N) is 1. The van der Waals surface area contributed by atoms with E-state index in [1.807, 2.05) is 13.0 Å². The number of amidine groups is 1. The molecule has 0 spiro atoms. The monoisotopic (exact) mass is 275 g/mol. The van der Waals surface area contributed by atoms with Crippen LogP contribution < -0.4 is 10.6 Å². The van der Waals surface area contributed by atoms with Crippen molar-refractivity contribution in [2.45, 2.75) is 53.5 Å². The van der Waals surface area contributed by atoms with E-state index in [0.29, 0.717) is 12.0 Å². The Kier molecular flexibility index (Phi) is 6.05. The Morgan fingerprint density at radius 2 is 1.85 bits per heavy atom. The highest BCUT2D eigenvalue weighted by Gasteiger charge is 2.17. The zero-order chi connectivity index (χ0) is 15.3. The molecule has 3 nitrogen and oxygen atoms in total. The van der Waals surface area contributed by atoms with Crippen molar-refractivity contribution in [3.05, 3.63) is 29.3 Å². The quantitative estimate of drug-likeness (QED) is 0.585. The van der Waals surface area contributed by atoms with E-state index in [9.17, 15) is 0 Å². The van der Waals surface area contributed by atoms with Crippen LogP contribution in [0.15, 0.2) is 18.2 Å². The minimum absolute atomic E-state index is 0.145. The maximum atomic E-state index is 7.59. The first-order valence-electron chi connectivity index (χ1n) is 7.62. The van der Waals surface area contributed by atoms with Crippen LogP contribution in [0.2, 0.25) is 0 Å². The molecule has 1 aromatic rings. The van der Waals surface area contributed by atoms with Crippen molar-refractivity contribution in [2.24, 2.45) is 11.7 Å². The van der Waals surface area contributed by atoms with E-state index < -0.39 is 0 Å². The predicted molar refractivity (Wildman–Crippen MR) is 88.7 cm³/mol. The molecule has 112 valence electrons. The highest BCUT2D eigenvalue weighted by Crippen LogP contribution is 2.24. The lowest BCUT2D eigenvalue weighted by molar-refractivity contribution is 0.507. The molecule has 0 atom stereocenters. The third kappa shape index (κ3) is 3.99. The molecule has 3 N–H and O–H groups in total. The first kappa shape index (κ1) is 16.5. The zero-order valence-electron chi connectivity index (χ0n) is 13.5. The second kappa shape index (κ2) is 7.32. The van der Waals surface area contributed by atoms with Gasteiger partial charge in [-0.05, 0) is 49.4 Å². The summed E-state index contributed by atoms with van der Waals surface area (Å²) in [7, 11) is 0. The van der Waals surface area contributed by atoms with Gasteiger partial charge >= 0.3 is 0 Å². The first-order chi connectivity index (χ1) is 9.40. The van der Waals surface area contributed by atoms with Crippen molar-refractivity contribution >= 4 is 11.5 Å². The second-order valence-electron chi connectivity index (χ2n) is 5.93. The van der Waals surface area contributed by atoms with Gasteiger partial charge in [0, 0.05) is 23.8 Å². The average molecular weight is 275 g/mol. The molecule has 0 amide bonds. The highest BCUT2D eigenvalue weighted by molar-refractivity contribution is 5.96. The number of anilines is 1. The van der Waals surface area contributed by atoms with Gasteiger partial charge in [-0.25, -0.2) is 0 Å². The topological polar surface area (TPSA) is 53.1 Å². The van der Waals surface area contributed by atoms with Gasteiger partial charge in [0.25, 0.3) is 0 Å². The fraction of sp³-hybridized carbons (Fsp3) is 0.588. The summed E-state index contributed by atoms with van der Waals surface area (Å²) in [5, 5.41) is 7.59. The fourth-order valence-electron chi connectivity index (χ4n) is 2.72. The van der Waals surface area contributed by atoms with Gasteiger partial charge in [-0.1, -0.05) is 27.7 Å². The van der Waals surface area contributed by atoms with Gasteiger partial charge in [0.05, 0.1) is 0 Å². The summed E-state index contributed by atoms with van der Waals surface area (Å²) in [5.41, 5.74) is 8.76. The van der Waals surface area contributed by atoms with Gasteiger partial charge < -0.3 is 10.6 Å². The highest BCUT2D eigenvalue weighted by atomic mass is 15.2. The second-order valence-corrected chi connectivity index (χ2v) is 5.93. The van der Waals surface area contributed by atoms with Gasteiger partial charge in [-0.3, -0.25) is 5.41 Å². The molecule has 0 aromatic heterocycles. The molecule has 20 heavy (non-hydrogen) atoms. The summed E-state index contributed by atoms with van der Waals surface area (Å²) in [5.74, 6) is 0.774. The summed E-state index contributed by atoms with van der Waals surface area (Å²) >= 11 is 0. The van der Waals surface area contributed by atoms with E-state index in [0.717, 1.165) is 30.5 Å². The Balaban J connectivity index is 3.13. The smallest absolute Gasteiger partial charge is 0.123 e. The summed E-state index contributed by atoms with van der Waals surface area (Å²) in [6.45, 7) is 12.1. The molecule has 0 aliphatic carbocycles. The maximum absolute atomic E-state index is 7.59. The minimum Gasteiger partial charge on any atom is -0.384 e. The van der Waals surface area contributed by atoms with Crippen LogP contribution in [-0.2, 0) is 0 Å². The molecule has 0 bridgehead atoms. The summed E-state index contributed by atoms with van der Waals surface area (Å²) in [4.78, 5) is 2.50. The van der Waals surface area contributed by atoms with E-state index in [-0.39, 0.29) is 5.84 Å². The van der Waals surface area contributed by atoms with E-state index in [1.54, 1.807) is 0 Å². The van der Waals surface area contributed by atoms with Crippen molar-refractivity contribution in [3.8, 4) is 0 Å². The molecule has 0 aliphatic heterocycles. The minimum atomic E-state index is 0.145. The van der Waals surface area contributed by atoms with Gasteiger partial charge in [0.15, 0.2) is 0 Å². The van der Waals surface area contributed by atoms with E-state index in [4.69, 9.17) is 11.1 Å². The largest absolute Gasteiger partial charge is 0.384 e. The van der Waals surface area contributed by atoms with Crippen LogP contribution in [-0.4, -0.2) is 18.4 Å².